The smallest absolute Gasteiger partial charge is 0.184 e. The van der Waals surface area contributed by atoms with Gasteiger partial charge in [0.05, 0.1) is 6.54 Å². The van der Waals surface area contributed by atoms with Crippen LogP contribution in [-0.2, 0) is 6.54 Å². The number of nitrogens with two attached hydrogens (primary N) is 1. The van der Waals surface area contributed by atoms with Gasteiger partial charge in [-0.3, -0.25) is 0 Å². The Balaban J connectivity index is 2.00. The van der Waals surface area contributed by atoms with E-state index in [1.807, 2.05) is 29.8 Å². The first kappa shape index (κ1) is 12.1. The monoisotopic (exact) mass is 257 g/mol. The lowest BCUT2D eigenvalue weighted by Crippen LogP contribution is -2.31. The van der Waals surface area contributed by atoms with Gasteiger partial charge in [-0.1, -0.05) is 25.5 Å². The highest BCUT2D eigenvalue weighted by Crippen LogP contribution is 2.42. The normalized spacial score (nSPS) is 17.2. The number of nitrogens with zero attached hydrogens (tertiary/aromatic N) is 4. The third kappa shape index (κ3) is 2.09. The van der Waals surface area contributed by atoms with Crippen LogP contribution < -0.4 is 5.73 Å². The maximum absolute atomic E-state index is 6.08. The minimum atomic E-state index is 0.335. The molecule has 0 aliphatic heterocycles. The van der Waals surface area contributed by atoms with Gasteiger partial charge in [0.2, 0.25) is 0 Å². The minimum absolute atomic E-state index is 0.335. The molecule has 1 heterocycles. The lowest BCUT2D eigenvalue weighted by atomic mass is 9.70. The summed E-state index contributed by atoms with van der Waals surface area (Å²) in [6.45, 7) is 5.20. The lowest BCUT2D eigenvalue weighted by Gasteiger charge is -2.38. The Hall–Kier alpha value is -1.91. The third-order valence-electron chi connectivity index (χ3n) is 4.15. The van der Waals surface area contributed by atoms with Gasteiger partial charge in [0, 0.05) is 11.3 Å². The van der Waals surface area contributed by atoms with Crippen molar-refractivity contribution >= 4 is 5.69 Å². The van der Waals surface area contributed by atoms with Crippen LogP contribution in [0.15, 0.2) is 18.2 Å². The number of tetrazole rings is 1. The molecule has 3 rings (SSSR count). The van der Waals surface area contributed by atoms with E-state index in [-0.39, 0.29) is 0 Å². The van der Waals surface area contributed by atoms with Crippen molar-refractivity contribution in [2.24, 2.45) is 5.41 Å². The number of aromatic nitrogens is 4. The zero-order valence-electron chi connectivity index (χ0n) is 11.4. The molecule has 1 aliphatic carbocycles. The minimum Gasteiger partial charge on any atom is -0.398 e. The van der Waals surface area contributed by atoms with E-state index in [2.05, 4.69) is 22.4 Å². The van der Waals surface area contributed by atoms with Crippen molar-refractivity contribution in [3.8, 4) is 11.4 Å². The van der Waals surface area contributed by atoms with Crippen molar-refractivity contribution in [1.29, 1.82) is 0 Å². The average molecular weight is 257 g/mol. The molecule has 100 valence electrons. The van der Waals surface area contributed by atoms with Crippen LogP contribution in [0, 0.1) is 12.3 Å². The molecule has 0 radical (unpaired) electrons. The van der Waals surface area contributed by atoms with Gasteiger partial charge in [-0.15, -0.1) is 5.10 Å². The Morgan fingerprint density at radius 1 is 1.37 bits per heavy atom. The van der Waals surface area contributed by atoms with E-state index in [0.717, 1.165) is 29.2 Å². The largest absolute Gasteiger partial charge is 0.398 e. The van der Waals surface area contributed by atoms with E-state index in [1.54, 1.807) is 0 Å². The molecule has 0 bridgehead atoms. The molecule has 2 N–H and O–H groups in total. The van der Waals surface area contributed by atoms with E-state index in [0.29, 0.717) is 5.41 Å². The second-order valence-electron chi connectivity index (χ2n) is 5.86. The predicted octanol–water partition coefficient (Wildman–Crippen LogP) is 2.42. The highest BCUT2D eigenvalue weighted by Gasteiger charge is 2.33. The van der Waals surface area contributed by atoms with Crippen molar-refractivity contribution in [2.45, 2.75) is 39.7 Å². The SMILES string of the molecule is Cc1cccc(N)c1-c1nnnn1CC1(C)CCC1. The van der Waals surface area contributed by atoms with Gasteiger partial charge in [-0.25, -0.2) is 4.68 Å². The summed E-state index contributed by atoms with van der Waals surface area (Å²) >= 11 is 0. The molecule has 1 aromatic carbocycles. The van der Waals surface area contributed by atoms with Crippen molar-refractivity contribution in [3.05, 3.63) is 23.8 Å². The van der Waals surface area contributed by atoms with Crippen molar-refractivity contribution < 1.29 is 0 Å². The van der Waals surface area contributed by atoms with Crippen LogP contribution in [0.5, 0.6) is 0 Å². The predicted molar refractivity (Wildman–Crippen MR) is 74.4 cm³/mol. The van der Waals surface area contributed by atoms with E-state index in [9.17, 15) is 0 Å². The maximum atomic E-state index is 6.08. The van der Waals surface area contributed by atoms with Gasteiger partial charge >= 0.3 is 0 Å². The van der Waals surface area contributed by atoms with Gasteiger partial charge in [-0.2, -0.15) is 0 Å². The molecular formula is C14H19N5. The Morgan fingerprint density at radius 3 is 2.79 bits per heavy atom. The van der Waals surface area contributed by atoms with E-state index in [4.69, 9.17) is 5.73 Å². The zero-order chi connectivity index (χ0) is 13.5. The van der Waals surface area contributed by atoms with Crippen LogP contribution in [0.25, 0.3) is 11.4 Å². The molecule has 1 saturated carbocycles. The fourth-order valence-corrected chi connectivity index (χ4v) is 2.79. The molecule has 19 heavy (non-hydrogen) atoms. The van der Waals surface area contributed by atoms with Crippen LogP contribution in [0.4, 0.5) is 5.69 Å². The van der Waals surface area contributed by atoms with Crippen LogP contribution in [0.2, 0.25) is 0 Å². The van der Waals surface area contributed by atoms with Gasteiger partial charge in [0.25, 0.3) is 0 Å². The van der Waals surface area contributed by atoms with Gasteiger partial charge in [0.15, 0.2) is 5.82 Å². The summed E-state index contributed by atoms with van der Waals surface area (Å²) in [5.41, 5.74) is 9.21. The van der Waals surface area contributed by atoms with Gasteiger partial charge in [0.1, 0.15) is 0 Å². The summed E-state index contributed by atoms with van der Waals surface area (Å²) in [7, 11) is 0. The molecule has 5 nitrogen and oxygen atoms in total. The quantitative estimate of drug-likeness (QED) is 0.857. The molecule has 0 amide bonds. The summed E-state index contributed by atoms with van der Waals surface area (Å²) in [5.74, 6) is 0.781. The standard InChI is InChI=1S/C14H19N5/c1-10-5-3-6-11(15)12(10)13-16-17-18-19(13)9-14(2)7-4-8-14/h3,5-6H,4,7-9,15H2,1-2H3. The molecule has 1 fully saturated rings. The van der Waals surface area contributed by atoms with Crippen LogP contribution in [-0.4, -0.2) is 20.2 Å². The Labute approximate surface area is 112 Å². The molecule has 2 aromatic rings. The highest BCUT2D eigenvalue weighted by molar-refractivity contribution is 5.74. The first-order chi connectivity index (χ1) is 9.09. The third-order valence-corrected chi connectivity index (χ3v) is 4.15. The zero-order valence-corrected chi connectivity index (χ0v) is 11.4. The Kier molecular flexibility index (Phi) is 2.77. The molecular weight excluding hydrogens is 238 g/mol. The number of aryl methyl sites for hydroxylation is 1. The molecule has 0 atom stereocenters. The van der Waals surface area contributed by atoms with Crippen LogP contribution in [0.1, 0.15) is 31.7 Å². The van der Waals surface area contributed by atoms with Gasteiger partial charge < -0.3 is 5.73 Å². The second-order valence-corrected chi connectivity index (χ2v) is 5.86. The average Bonchev–Trinajstić information content (AvgIpc) is 2.75. The summed E-state index contributed by atoms with van der Waals surface area (Å²) in [6.07, 6.45) is 3.80. The molecule has 5 heteroatoms. The maximum Gasteiger partial charge on any atom is 0.184 e. The fourth-order valence-electron chi connectivity index (χ4n) is 2.79. The first-order valence-corrected chi connectivity index (χ1v) is 6.71. The lowest BCUT2D eigenvalue weighted by molar-refractivity contribution is 0.126. The highest BCUT2D eigenvalue weighted by atomic mass is 15.5. The topological polar surface area (TPSA) is 69.6 Å². The van der Waals surface area contributed by atoms with Crippen molar-refractivity contribution in [3.63, 3.8) is 0 Å². The Morgan fingerprint density at radius 2 is 2.16 bits per heavy atom. The molecule has 0 spiro atoms. The summed E-state index contributed by atoms with van der Waals surface area (Å²) < 4.78 is 1.90. The summed E-state index contributed by atoms with van der Waals surface area (Å²) in [6, 6.07) is 5.89. The Bertz CT molecular complexity index is 577. The second kappa shape index (κ2) is 4.33. The van der Waals surface area contributed by atoms with E-state index in [1.165, 1.54) is 19.3 Å². The van der Waals surface area contributed by atoms with Crippen molar-refractivity contribution in [2.75, 3.05) is 5.73 Å². The number of rotatable bonds is 3. The van der Waals surface area contributed by atoms with Crippen LogP contribution in [0.3, 0.4) is 0 Å². The summed E-state index contributed by atoms with van der Waals surface area (Å²) in [4.78, 5) is 0. The number of hydrogen-bond acceptors (Lipinski definition) is 4. The number of anilines is 1. The molecule has 1 aliphatic rings. The number of nitrogen functional groups attached to an aromatic ring is 1. The van der Waals surface area contributed by atoms with Crippen LogP contribution >= 0.6 is 0 Å². The van der Waals surface area contributed by atoms with E-state index < -0.39 is 0 Å². The van der Waals surface area contributed by atoms with Gasteiger partial charge in [-0.05, 0) is 47.2 Å². The van der Waals surface area contributed by atoms with Crippen molar-refractivity contribution in [1.82, 2.24) is 20.2 Å². The first-order valence-electron chi connectivity index (χ1n) is 6.71. The molecule has 0 saturated heterocycles. The molecule has 1 aromatic heterocycles. The summed E-state index contributed by atoms with van der Waals surface area (Å²) in [5, 5.41) is 12.1. The number of benzene rings is 1. The molecule has 0 unspecified atom stereocenters. The fraction of sp³-hybridized carbons (Fsp3) is 0.500. The van der Waals surface area contributed by atoms with E-state index >= 15 is 0 Å². The number of hydrogen-bond donors (Lipinski definition) is 1.